The Labute approximate surface area is 126 Å². The molecule has 0 aliphatic carbocycles. The van der Waals surface area contributed by atoms with Gasteiger partial charge in [-0.3, -0.25) is 4.79 Å². The smallest absolute Gasteiger partial charge is 0.305 e. The van der Waals surface area contributed by atoms with Crippen molar-refractivity contribution in [3.05, 3.63) is 34.9 Å². The van der Waals surface area contributed by atoms with Gasteiger partial charge in [0.15, 0.2) is 0 Å². The van der Waals surface area contributed by atoms with Crippen LogP contribution in [-0.4, -0.2) is 19.1 Å². The summed E-state index contributed by atoms with van der Waals surface area (Å²) in [5.74, 6) is -0.0880. The fourth-order valence-electron chi connectivity index (χ4n) is 1.99. The number of hydrogen-bond acceptors (Lipinski definition) is 3. The third-order valence-corrected chi connectivity index (χ3v) is 3.44. The summed E-state index contributed by atoms with van der Waals surface area (Å²) in [6, 6.07) is 8.22. The standard InChI is InChI=1S/C16H24ClNO2/c1-3-20-16(19)7-5-4-6-12-18-13(2)14-8-10-15(17)11-9-14/h8-11,13,18H,3-7,12H2,1-2H3. The molecule has 0 spiro atoms. The Morgan fingerprint density at radius 2 is 1.95 bits per heavy atom. The molecule has 0 saturated heterocycles. The minimum absolute atomic E-state index is 0.0880. The Bertz CT molecular complexity index is 392. The first-order valence-electron chi connectivity index (χ1n) is 7.28. The van der Waals surface area contributed by atoms with Crippen molar-refractivity contribution in [2.24, 2.45) is 0 Å². The van der Waals surface area contributed by atoms with Crippen molar-refractivity contribution in [2.75, 3.05) is 13.2 Å². The number of carbonyl (C=O) groups excluding carboxylic acids is 1. The van der Waals surface area contributed by atoms with Crippen LogP contribution >= 0.6 is 11.6 Å². The zero-order valence-electron chi connectivity index (χ0n) is 12.3. The Morgan fingerprint density at radius 1 is 1.25 bits per heavy atom. The number of unbranched alkanes of at least 4 members (excludes halogenated alkanes) is 2. The third kappa shape index (κ3) is 6.92. The van der Waals surface area contributed by atoms with Crippen molar-refractivity contribution in [3.8, 4) is 0 Å². The van der Waals surface area contributed by atoms with Crippen LogP contribution in [0.25, 0.3) is 0 Å². The van der Waals surface area contributed by atoms with Gasteiger partial charge in [-0.25, -0.2) is 0 Å². The first-order chi connectivity index (χ1) is 9.63. The van der Waals surface area contributed by atoms with Gasteiger partial charge in [-0.05, 0) is 50.9 Å². The summed E-state index contributed by atoms with van der Waals surface area (Å²) in [5.41, 5.74) is 1.24. The maximum absolute atomic E-state index is 11.1. The van der Waals surface area contributed by atoms with E-state index in [-0.39, 0.29) is 5.97 Å². The van der Waals surface area contributed by atoms with E-state index in [9.17, 15) is 4.79 Å². The van der Waals surface area contributed by atoms with E-state index in [2.05, 4.69) is 12.2 Å². The van der Waals surface area contributed by atoms with Gasteiger partial charge in [-0.1, -0.05) is 30.2 Å². The fourth-order valence-corrected chi connectivity index (χ4v) is 2.12. The maximum Gasteiger partial charge on any atom is 0.305 e. The van der Waals surface area contributed by atoms with Crippen LogP contribution in [0.2, 0.25) is 5.02 Å². The van der Waals surface area contributed by atoms with E-state index < -0.39 is 0 Å². The molecule has 0 aliphatic heterocycles. The molecule has 1 unspecified atom stereocenters. The van der Waals surface area contributed by atoms with Gasteiger partial charge in [0.2, 0.25) is 0 Å². The summed E-state index contributed by atoms with van der Waals surface area (Å²) in [4.78, 5) is 11.1. The summed E-state index contributed by atoms with van der Waals surface area (Å²) < 4.78 is 4.89. The van der Waals surface area contributed by atoms with Crippen LogP contribution in [0, 0.1) is 0 Å². The predicted octanol–water partition coefficient (Wildman–Crippen LogP) is 4.11. The number of esters is 1. The summed E-state index contributed by atoms with van der Waals surface area (Å²) in [6.45, 7) is 5.40. The molecule has 4 heteroatoms. The van der Waals surface area contributed by atoms with E-state index in [1.54, 1.807) is 0 Å². The van der Waals surface area contributed by atoms with Gasteiger partial charge >= 0.3 is 5.97 Å². The second-order valence-electron chi connectivity index (χ2n) is 4.84. The summed E-state index contributed by atoms with van der Waals surface area (Å²) >= 11 is 5.87. The van der Waals surface area contributed by atoms with Gasteiger partial charge < -0.3 is 10.1 Å². The van der Waals surface area contributed by atoms with E-state index in [4.69, 9.17) is 16.3 Å². The highest BCUT2D eigenvalue weighted by Crippen LogP contribution is 2.16. The molecule has 1 aromatic rings. The maximum atomic E-state index is 11.1. The van der Waals surface area contributed by atoms with Crippen LogP contribution in [0.3, 0.4) is 0 Å². The highest BCUT2D eigenvalue weighted by atomic mass is 35.5. The first kappa shape index (κ1) is 17.0. The monoisotopic (exact) mass is 297 g/mol. The zero-order chi connectivity index (χ0) is 14.8. The minimum Gasteiger partial charge on any atom is -0.466 e. The van der Waals surface area contributed by atoms with Crippen LogP contribution in [0.1, 0.15) is 51.1 Å². The van der Waals surface area contributed by atoms with Crippen molar-refractivity contribution in [1.29, 1.82) is 0 Å². The van der Waals surface area contributed by atoms with Crippen molar-refractivity contribution < 1.29 is 9.53 Å². The van der Waals surface area contributed by atoms with E-state index in [1.807, 2.05) is 31.2 Å². The van der Waals surface area contributed by atoms with Crippen LogP contribution in [0.4, 0.5) is 0 Å². The number of carbonyl (C=O) groups is 1. The Kier molecular flexibility index (Phi) is 8.31. The number of benzene rings is 1. The van der Waals surface area contributed by atoms with Gasteiger partial charge in [-0.15, -0.1) is 0 Å². The fraction of sp³-hybridized carbons (Fsp3) is 0.562. The molecule has 0 amide bonds. The van der Waals surface area contributed by atoms with Crippen LogP contribution in [-0.2, 0) is 9.53 Å². The molecule has 0 saturated carbocycles. The largest absolute Gasteiger partial charge is 0.466 e. The average Bonchev–Trinajstić information content (AvgIpc) is 2.43. The second-order valence-corrected chi connectivity index (χ2v) is 5.28. The number of halogens is 1. The highest BCUT2D eigenvalue weighted by molar-refractivity contribution is 6.30. The molecule has 1 aromatic carbocycles. The average molecular weight is 298 g/mol. The molecule has 20 heavy (non-hydrogen) atoms. The predicted molar refractivity (Wildman–Crippen MR) is 83.0 cm³/mol. The quantitative estimate of drug-likeness (QED) is 0.550. The minimum atomic E-state index is -0.0880. The second kappa shape index (κ2) is 9.78. The van der Waals surface area contributed by atoms with E-state index in [0.717, 1.165) is 30.8 Å². The normalized spacial score (nSPS) is 12.2. The van der Waals surface area contributed by atoms with Gasteiger partial charge in [0.1, 0.15) is 0 Å². The Balaban J connectivity index is 2.09. The highest BCUT2D eigenvalue weighted by Gasteiger charge is 2.04. The molecular weight excluding hydrogens is 274 g/mol. The molecule has 0 aromatic heterocycles. The molecule has 0 radical (unpaired) electrons. The molecule has 0 heterocycles. The molecule has 1 rings (SSSR count). The van der Waals surface area contributed by atoms with Crippen molar-refractivity contribution >= 4 is 17.6 Å². The topological polar surface area (TPSA) is 38.3 Å². The van der Waals surface area contributed by atoms with E-state index in [1.165, 1.54) is 5.56 Å². The molecule has 0 bridgehead atoms. The van der Waals surface area contributed by atoms with Gasteiger partial charge in [0.25, 0.3) is 0 Å². The molecule has 112 valence electrons. The Morgan fingerprint density at radius 3 is 2.60 bits per heavy atom. The molecule has 1 atom stereocenters. The van der Waals surface area contributed by atoms with Crippen molar-refractivity contribution in [1.82, 2.24) is 5.32 Å². The zero-order valence-corrected chi connectivity index (χ0v) is 13.1. The molecular formula is C16H24ClNO2. The van der Waals surface area contributed by atoms with Gasteiger partial charge in [-0.2, -0.15) is 0 Å². The van der Waals surface area contributed by atoms with Crippen molar-refractivity contribution in [2.45, 2.75) is 45.6 Å². The molecule has 1 N–H and O–H groups in total. The van der Waals surface area contributed by atoms with E-state index in [0.29, 0.717) is 19.1 Å². The third-order valence-electron chi connectivity index (χ3n) is 3.18. The lowest BCUT2D eigenvalue weighted by molar-refractivity contribution is -0.143. The number of ether oxygens (including phenoxy) is 1. The van der Waals surface area contributed by atoms with Crippen LogP contribution in [0.5, 0.6) is 0 Å². The lowest BCUT2D eigenvalue weighted by Crippen LogP contribution is -2.19. The van der Waals surface area contributed by atoms with Gasteiger partial charge in [0.05, 0.1) is 6.61 Å². The first-order valence-corrected chi connectivity index (χ1v) is 7.65. The summed E-state index contributed by atoms with van der Waals surface area (Å²) in [6.07, 6.45) is 3.53. The molecule has 0 aliphatic rings. The number of rotatable bonds is 9. The van der Waals surface area contributed by atoms with E-state index >= 15 is 0 Å². The SMILES string of the molecule is CCOC(=O)CCCCCNC(C)c1ccc(Cl)cc1. The summed E-state index contributed by atoms with van der Waals surface area (Å²) in [7, 11) is 0. The molecule has 0 fully saturated rings. The molecule has 3 nitrogen and oxygen atoms in total. The number of nitrogens with one attached hydrogen (secondary N) is 1. The van der Waals surface area contributed by atoms with Crippen molar-refractivity contribution in [3.63, 3.8) is 0 Å². The number of hydrogen-bond donors (Lipinski definition) is 1. The summed E-state index contributed by atoms with van der Waals surface area (Å²) in [5, 5.41) is 4.24. The van der Waals surface area contributed by atoms with Crippen LogP contribution in [0.15, 0.2) is 24.3 Å². The Hall–Kier alpha value is -1.06. The van der Waals surface area contributed by atoms with Gasteiger partial charge in [0, 0.05) is 17.5 Å². The lowest BCUT2D eigenvalue weighted by Gasteiger charge is -2.14. The van der Waals surface area contributed by atoms with Crippen LogP contribution < -0.4 is 5.32 Å². The lowest BCUT2D eigenvalue weighted by atomic mass is 10.1.